The third-order valence-electron chi connectivity index (χ3n) is 4.97. The SMILES string of the molecule is CC1(C)CN(C(=O)CCc2ncc(-c3ccc(Cl)cc3Cl)o2)CCC1N. The predicted octanol–water partition coefficient (Wildman–Crippen LogP) is 4.17. The molecule has 140 valence electrons. The third kappa shape index (κ3) is 4.22. The van der Waals surface area contributed by atoms with Gasteiger partial charge in [0, 0.05) is 42.6 Å². The first-order valence-electron chi connectivity index (χ1n) is 8.70. The zero-order valence-electron chi connectivity index (χ0n) is 15.0. The highest BCUT2D eigenvalue weighted by Gasteiger charge is 2.35. The fraction of sp³-hybridized carbons (Fsp3) is 0.474. The van der Waals surface area contributed by atoms with Crippen molar-refractivity contribution in [3.05, 3.63) is 40.3 Å². The maximum absolute atomic E-state index is 12.5. The van der Waals surface area contributed by atoms with Crippen molar-refractivity contribution < 1.29 is 9.21 Å². The van der Waals surface area contributed by atoms with Crippen LogP contribution in [0.5, 0.6) is 0 Å². The summed E-state index contributed by atoms with van der Waals surface area (Å²) in [6.07, 6.45) is 3.27. The fourth-order valence-corrected chi connectivity index (χ4v) is 3.70. The molecule has 0 bridgehead atoms. The van der Waals surface area contributed by atoms with Gasteiger partial charge in [0.05, 0.1) is 11.2 Å². The number of hydrogen-bond donors (Lipinski definition) is 1. The smallest absolute Gasteiger partial charge is 0.223 e. The molecule has 0 saturated carbocycles. The van der Waals surface area contributed by atoms with Crippen molar-refractivity contribution in [3.8, 4) is 11.3 Å². The number of nitrogens with zero attached hydrogens (tertiary/aromatic N) is 2. The number of benzene rings is 1. The Kier molecular flexibility index (Phi) is 5.61. The lowest BCUT2D eigenvalue weighted by atomic mass is 9.79. The molecule has 2 N–H and O–H groups in total. The predicted molar refractivity (Wildman–Crippen MR) is 103 cm³/mol. The molecular formula is C19H23Cl2N3O2. The summed E-state index contributed by atoms with van der Waals surface area (Å²) in [4.78, 5) is 18.7. The first-order valence-corrected chi connectivity index (χ1v) is 9.45. The Labute approximate surface area is 163 Å². The highest BCUT2D eigenvalue weighted by molar-refractivity contribution is 6.36. The summed E-state index contributed by atoms with van der Waals surface area (Å²) in [7, 11) is 0. The lowest BCUT2D eigenvalue weighted by Gasteiger charge is -2.42. The van der Waals surface area contributed by atoms with Gasteiger partial charge in [0.2, 0.25) is 5.91 Å². The van der Waals surface area contributed by atoms with E-state index in [2.05, 4.69) is 18.8 Å². The second-order valence-corrected chi connectivity index (χ2v) is 8.29. The molecule has 1 aromatic carbocycles. The molecule has 0 aliphatic carbocycles. The van der Waals surface area contributed by atoms with Gasteiger partial charge in [0.1, 0.15) is 0 Å². The molecular weight excluding hydrogens is 373 g/mol. The molecule has 3 rings (SSSR count). The topological polar surface area (TPSA) is 72.4 Å². The van der Waals surface area contributed by atoms with Crippen LogP contribution in [0.2, 0.25) is 10.0 Å². The number of oxazole rings is 1. The number of amides is 1. The number of aryl methyl sites for hydroxylation is 1. The maximum atomic E-state index is 12.5. The van der Waals surface area contributed by atoms with E-state index in [1.165, 1.54) is 0 Å². The number of carbonyl (C=O) groups is 1. The normalized spacial score (nSPS) is 19.6. The summed E-state index contributed by atoms with van der Waals surface area (Å²) in [5.41, 5.74) is 6.81. The van der Waals surface area contributed by atoms with Crippen LogP contribution in [-0.2, 0) is 11.2 Å². The van der Waals surface area contributed by atoms with E-state index in [9.17, 15) is 4.79 Å². The molecule has 0 spiro atoms. The molecule has 26 heavy (non-hydrogen) atoms. The lowest BCUT2D eigenvalue weighted by Crippen LogP contribution is -2.54. The summed E-state index contributed by atoms with van der Waals surface area (Å²) in [5, 5.41) is 1.07. The summed E-state index contributed by atoms with van der Waals surface area (Å²) in [6.45, 7) is 5.60. The van der Waals surface area contributed by atoms with E-state index in [0.717, 1.165) is 12.0 Å². The molecule has 1 saturated heterocycles. The van der Waals surface area contributed by atoms with Crippen LogP contribution in [0.15, 0.2) is 28.8 Å². The number of halogens is 2. The summed E-state index contributed by atoms with van der Waals surface area (Å²) < 4.78 is 5.76. The third-order valence-corrected chi connectivity index (χ3v) is 5.52. The minimum atomic E-state index is -0.0602. The zero-order chi connectivity index (χ0) is 18.9. The number of nitrogens with two attached hydrogens (primary N) is 1. The van der Waals surface area contributed by atoms with E-state index < -0.39 is 0 Å². The average Bonchev–Trinajstić information content (AvgIpc) is 3.03. The Morgan fingerprint density at radius 3 is 2.88 bits per heavy atom. The molecule has 5 nitrogen and oxygen atoms in total. The van der Waals surface area contributed by atoms with Crippen LogP contribution >= 0.6 is 23.2 Å². The number of piperidine rings is 1. The van der Waals surface area contributed by atoms with Crippen LogP contribution in [0.3, 0.4) is 0 Å². The standard InChI is InChI=1S/C19H23Cl2N3O2/c1-19(2)11-24(8-7-16(19)22)18(25)6-5-17-23-10-15(26-17)13-4-3-12(20)9-14(13)21/h3-4,9-10,16H,5-8,11,22H2,1-2H3. The molecule has 0 radical (unpaired) electrons. The van der Waals surface area contributed by atoms with Gasteiger partial charge in [-0.25, -0.2) is 4.98 Å². The van der Waals surface area contributed by atoms with Gasteiger partial charge in [-0.2, -0.15) is 0 Å². The highest BCUT2D eigenvalue weighted by Crippen LogP contribution is 2.31. The largest absolute Gasteiger partial charge is 0.441 e. The van der Waals surface area contributed by atoms with Crippen molar-refractivity contribution in [2.45, 2.75) is 39.2 Å². The second-order valence-electron chi connectivity index (χ2n) is 7.44. The minimum Gasteiger partial charge on any atom is -0.441 e. The first kappa shape index (κ1) is 19.2. The molecule has 7 heteroatoms. The van der Waals surface area contributed by atoms with E-state index in [4.69, 9.17) is 33.4 Å². The number of likely N-dealkylation sites (tertiary alicyclic amines) is 1. The van der Waals surface area contributed by atoms with Crippen molar-refractivity contribution in [1.29, 1.82) is 0 Å². The van der Waals surface area contributed by atoms with Crippen LogP contribution < -0.4 is 5.73 Å². The second kappa shape index (κ2) is 7.59. The van der Waals surface area contributed by atoms with Crippen molar-refractivity contribution >= 4 is 29.1 Å². The van der Waals surface area contributed by atoms with Crippen molar-refractivity contribution in [3.63, 3.8) is 0 Å². The first-order chi connectivity index (χ1) is 12.3. The van der Waals surface area contributed by atoms with E-state index >= 15 is 0 Å². The fourth-order valence-electron chi connectivity index (χ4n) is 3.20. The van der Waals surface area contributed by atoms with Crippen molar-refractivity contribution in [2.24, 2.45) is 11.1 Å². The van der Waals surface area contributed by atoms with Gasteiger partial charge >= 0.3 is 0 Å². The molecule has 1 amide bonds. The van der Waals surface area contributed by atoms with Gasteiger partial charge in [-0.3, -0.25) is 4.79 Å². The van der Waals surface area contributed by atoms with Gasteiger partial charge in [0.15, 0.2) is 11.7 Å². The van der Waals surface area contributed by atoms with Crippen LogP contribution in [-0.4, -0.2) is 34.9 Å². The van der Waals surface area contributed by atoms with Gasteiger partial charge in [-0.15, -0.1) is 0 Å². The summed E-state index contributed by atoms with van der Waals surface area (Å²) in [6, 6.07) is 5.33. The number of rotatable bonds is 4. The monoisotopic (exact) mass is 395 g/mol. The highest BCUT2D eigenvalue weighted by atomic mass is 35.5. The average molecular weight is 396 g/mol. The molecule has 2 heterocycles. The molecule has 1 aromatic heterocycles. The Morgan fingerprint density at radius 2 is 2.19 bits per heavy atom. The van der Waals surface area contributed by atoms with Gasteiger partial charge in [-0.1, -0.05) is 37.0 Å². The Morgan fingerprint density at radius 1 is 1.42 bits per heavy atom. The Hall–Kier alpha value is -1.56. The van der Waals surface area contributed by atoms with E-state index in [1.54, 1.807) is 24.4 Å². The van der Waals surface area contributed by atoms with Gasteiger partial charge in [0.25, 0.3) is 0 Å². The molecule has 1 aliphatic heterocycles. The van der Waals surface area contributed by atoms with Gasteiger partial charge in [-0.05, 0) is 30.0 Å². The number of aromatic nitrogens is 1. The van der Waals surface area contributed by atoms with Gasteiger partial charge < -0.3 is 15.1 Å². The maximum Gasteiger partial charge on any atom is 0.223 e. The molecule has 1 fully saturated rings. The van der Waals surface area contributed by atoms with Crippen LogP contribution in [0.4, 0.5) is 0 Å². The number of hydrogen-bond acceptors (Lipinski definition) is 4. The van der Waals surface area contributed by atoms with Crippen LogP contribution in [0, 0.1) is 5.41 Å². The molecule has 2 aromatic rings. The van der Waals surface area contributed by atoms with E-state index in [0.29, 0.717) is 47.6 Å². The lowest BCUT2D eigenvalue weighted by molar-refractivity contribution is -0.134. The summed E-state index contributed by atoms with van der Waals surface area (Å²) in [5.74, 6) is 1.20. The molecule has 1 aliphatic rings. The van der Waals surface area contributed by atoms with E-state index in [-0.39, 0.29) is 17.4 Å². The van der Waals surface area contributed by atoms with Crippen molar-refractivity contribution in [1.82, 2.24) is 9.88 Å². The minimum absolute atomic E-state index is 0.0602. The Balaban J connectivity index is 1.60. The summed E-state index contributed by atoms with van der Waals surface area (Å²) >= 11 is 12.1. The molecule has 1 unspecified atom stereocenters. The van der Waals surface area contributed by atoms with Crippen LogP contribution in [0.25, 0.3) is 11.3 Å². The van der Waals surface area contributed by atoms with Crippen molar-refractivity contribution in [2.75, 3.05) is 13.1 Å². The molecule has 1 atom stereocenters. The zero-order valence-corrected chi connectivity index (χ0v) is 16.5. The Bertz CT molecular complexity index is 804. The van der Waals surface area contributed by atoms with E-state index in [1.807, 2.05) is 4.90 Å². The van der Waals surface area contributed by atoms with Crippen LogP contribution in [0.1, 0.15) is 32.6 Å². The quantitative estimate of drug-likeness (QED) is 0.842. The number of carbonyl (C=O) groups excluding carboxylic acids is 1.